The molecule has 0 atom stereocenters. The van der Waals surface area contributed by atoms with E-state index in [4.69, 9.17) is 9.15 Å². The molecule has 0 radical (unpaired) electrons. The molecule has 0 aliphatic carbocycles. The van der Waals surface area contributed by atoms with Crippen LogP contribution in [-0.4, -0.2) is 29.1 Å². The van der Waals surface area contributed by atoms with Crippen molar-refractivity contribution in [3.63, 3.8) is 0 Å². The summed E-state index contributed by atoms with van der Waals surface area (Å²) in [6.07, 6.45) is 2.97. The second kappa shape index (κ2) is 6.57. The zero-order valence-electron chi connectivity index (χ0n) is 13.4. The van der Waals surface area contributed by atoms with Crippen molar-refractivity contribution in [2.45, 2.75) is 13.5 Å². The van der Waals surface area contributed by atoms with Gasteiger partial charge < -0.3 is 14.5 Å². The second-order valence-electron chi connectivity index (χ2n) is 5.32. The van der Waals surface area contributed by atoms with Gasteiger partial charge in [0.15, 0.2) is 17.1 Å². The molecule has 124 valence electrons. The van der Waals surface area contributed by atoms with Gasteiger partial charge in [0, 0.05) is 30.2 Å². The van der Waals surface area contributed by atoms with E-state index in [2.05, 4.69) is 10.3 Å². The Kier molecular flexibility index (Phi) is 4.33. The topological polar surface area (TPSA) is 86.4 Å². The van der Waals surface area contributed by atoms with Gasteiger partial charge in [-0.15, -0.1) is 0 Å². The number of furan rings is 1. The summed E-state index contributed by atoms with van der Waals surface area (Å²) in [4.78, 5) is 28.1. The summed E-state index contributed by atoms with van der Waals surface area (Å²) in [5.41, 5.74) is 0.977. The second-order valence-corrected chi connectivity index (χ2v) is 5.32. The molecule has 0 unspecified atom stereocenters. The van der Waals surface area contributed by atoms with Crippen molar-refractivity contribution in [3.8, 4) is 5.75 Å². The van der Waals surface area contributed by atoms with Gasteiger partial charge in [-0.3, -0.25) is 14.2 Å². The van der Waals surface area contributed by atoms with E-state index in [1.807, 2.05) is 12.1 Å². The van der Waals surface area contributed by atoms with Crippen molar-refractivity contribution in [2.75, 3.05) is 13.7 Å². The molecule has 7 heteroatoms. The van der Waals surface area contributed by atoms with Gasteiger partial charge in [0.25, 0.3) is 11.5 Å². The molecular formula is C17H17N3O4. The van der Waals surface area contributed by atoms with Crippen molar-refractivity contribution in [1.29, 1.82) is 0 Å². The van der Waals surface area contributed by atoms with Crippen molar-refractivity contribution < 1.29 is 13.9 Å². The number of nitrogens with one attached hydrogen (secondary N) is 1. The van der Waals surface area contributed by atoms with Crippen LogP contribution in [0.1, 0.15) is 16.1 Å². The highest BCUT2D eigenvalue weighted by Gasteiger charge is 2.14. The molecule has 24 heavy (non-hydrogen) atoms. The highest BCUT2D eigenvalue weighted by Crippen LogP contribution is 2.28. The number of nitrogens with zero attached hydrogens (tertiary/aromatic N) is 2. The number of rotatable bonds is 5. The van der Waals surface area contributed by atoms with Crippen molar-refractivity contribution in [2.24, 2.45) is 0 Å². The Hall–Kier alpha value is -3.09. The van der Waals surface area contributed by atoms with E-state index in [0.717, 1.165) is 5.39 Å². The maximum Gasteiger partial charge on any atom is 0.287 e. The average Bonchev–Trinajstić information content (AvgIpc) is 3.02. The Morgan fingerprint density at radius 1 is 1.42 bits per heavy atom. The Morgan fingerprint density at radius 3 is 3.04 bits per heavy atom. The largest absolute Gasteiger partial charge is 0.493 e. The summed E-state index contributed by atoms with van der Waals surface area (Å²) >= 11 is 0. The predicted molar refractivity (Wildman–Crippen MR) is 88.3 cm³/mol. The van der Waals surface area contributed by atoms with Crippen molar-refractivity contribution >= 4 is 16.9 Å². The standard InChI is InChI=1S/C17H17N3O4/c1-11-9-18-10-20(17(11)22)7-6-19-16(21)14-8-12-4-3-5-13(23-2)15(12)24-14/h3-5,8-10H,6-7H2,1-2H3,(H,19,21). The van der Waals surface area contributed by atoms with Gasteiger partial charge in [-0.2, -0.15) is 0 Å². The summed E-state index contributed by atoms with van der Waals surface area (Å²) < 4.78 is 12.2. The Labute approximate surface area is 137 Å². The van der Waals surface area contributed by atoms with Gasteiger partial charge in [-0.05, 0) is 19.1 Å². The van der Waals surface area contributed by atoms with Gasteiger partial charge in [-0.25, -0.2) is 4.98 Å². The number of carbonyl (C=O) groups is 1. The van der Waals surface area contributed by atoms with Crippen LogP contribution in [0.15, 0.2) is 46.0 Å². The number of methoxy groups -OCH3 is 1. The maximum absolute atomic E-state index is 12.2. The molecule has 0 aliphatic rings. The van der Waals surface area contributed by atoms with Gasteiger partial charge >= 0.3 is 0 Å². The number of ether oxygens (including phenoxy) is 1. The Morgan fingerprint density at radius 2 is 2.25 bits per heavy atom. The molecule has 7 nitrogen and oxygen atoms in total. The first-order valence-electron chi connectivity index (χ1n) is 7.46. The SMILES string of the molecule is COc1cccc2cc(C(=O)NCCn3cncc(C)c3=O)oc12. The summed E-state index contributed by atoms with van der Waals surface area (Å²) in [5.74, 6) is 0.426. The molecule has 0 bridgehead atoms. The number of carbonyl (C=O) groups excluding carboxylic acids is 1. The van der Waals surface area contributed by atoms with Crippen LogP contribution in [-0.2, 0) is 6.54 Å². The molecule has 0 spiro atoms. The smallest absolute Gasteiger partial charge is 0.287 e. The minimum absolute atomic E-state index is 0.118. The van der Waals surface area contributed by atoms with Crippen LogP contribution in [0.4, 0.5) is 0 Å². The monoisotopic (exact) mass is 327 g/mol. The Bertz CT molecular complexity index is 942. The van der Waals surface area contributed by atoms with E-state index in [-0.39, 0.29) is 23.8 Å². The number of amides is 1. The fraction of sp³-hybridized carbons (Fsp3) is 0.235. The van der Waals surface area contributed by atoms with Crippen LogP contribution in [0.25, 0.3) is 11.0 Å². The van der Waals surface area contributed by atoms with E-state index < -0.39 is 0 Å². The average molecular weight is 327 g/mol. The number of hydrogen-bond acceptors (Lipinski definition) is 5. The first kappa shape index (κ1) is 15.8. The molecule has 2 aromatic heterocycles. The lowest BCUT2D eigenvalue weighted by molar-refractivity contribution is 0.0926. The summed E-state index contributed by atoms with van der Waals surface area (Å²) in [6.45, 7) is 2.33. The molecular weight excluding hydrogens is 310 g/mol. The summed E-state index contributed by atoms with van der Waals surface area (Å²) in [6, 6.07) is 7.10. The number of benzene rings is 1. The number of aryl methyl sites for hydroxylation is 1. The molecule has 3 aromatic rings. The van der Waals surface area contributed by atoms with Gasteiger partial charge in [0.2, 0.25) is 0 Å². The van der Waals surface area contributed by atoms with E-state index in [0.29, 0.717) is 23.4 Å². The lowest BCUT2D eigenvalue weighted by Crippen LogP contribution is -2.31. The fourth-order valence-electron chi connectivity index (χ4n) is 2.41. The van der Waals surface area contributed by atoms with Crippen LogP contribution >= 0.6 is 0 Å². The van der Waals surface area contributed by atoms with E-state index in [1.54, 1.807) is 26.2 Å². The number of fused-ring (bicyclic) bond motifs is 1. The molecule has 1 N–H and O–H groups in total. The zero-order valence-corrected chi connectivity index (χ0v) is 13.4. The molecule has 0 fully saturated rings. The molecule has 1 aromatic carbocycles. The van der Waals surface area contributed by atoms with Crippen LogP contribution in [0.2, 0.25) is 0 Å². The third kappa shape index (κ3) is 3.01. The molecule has 0 saturated carbocycles. The van der Waals surface area contributed by atoms with Crippen molar-refractivity contribution in [1.82, 2.24) is 14.9 Å². The van der Waals surface area contributed by atoms with E-state index in [9.17, 15) is 9.59 Å². The molecule has 3 rings (SSSR count). The maximum atomic E-state index is 12.2. The number of hydrogen-bond donors (Lipinski definition) is 1. The van der Waals surface area contributed by atoms with E-state index >= 15 is 0 Å². The first-order chi connectivity index (χ1) is 11.6. The lowest BCUT2D eigenvalue weighted by Gasteiger charge is -2.06. The van der Waals surface area contributed by atoms with Crippen LogP contribution in [0.5, 0.6) is 5.75 Å². The highest BCUT2D eigenvalue weighted by atomic mass is 16.5. The van der Waals surface area contributed by atoms with Crippen LogP contribution in [0.3, 0.4) is 0 Å². The van der Waals surface area contributed by atoms with Crippen molar-refractivity contribution in [3.05, 3.63) is 58.5 Å². The van der Waals surface area contributed by atoms with Gasteiger partial charge in [0.05, 0.1) is 13.4 Å². The normalized spacial score (nSPS) is 10.8. The van der Waals surface area contributed by atoms with E-state index in [1.165, 1.54) is 17.1 Å². The number of para-hydroxylation sites is 1. The number of aromatic nitrogens is 2. The minimum atomic E-state index is -0.345. The van der Waals surface area contributed by atoms with Crippen LogP contribution in [0, 0.1) is 6.92 Å². The summed E-state index contributed by atoms with van der Waals surface area (Å²) in [5, 5.41) is 3.52. The zero-order chi connectivity index (χ0) is 17.1. The quantitative estimate of drug-likeness (QED) is 0.771. The Balaban J connectivity index is 1.69. The fourth-order valence-corrected chi connectivity index (χ4v) is 2.41. The summed E-state index contributed by atoms with van der Waals surface area (Å²) in [7, 11) is 1.55. The first-order valence-corrected chi connectivity index (χ1v) is 7.46. The highest BCUT2D eigenvalue weighted by molar-refractivity contribution is 5.97. The predicted octanol–water partition coefficient (Wildman–Crippen LogP) is 1.74. The van der Waals surface area contributed by atoms with Gasteiger partial charge in [0.1, 0.15) is 0 Å². The lowest BCUT2D eigenvalue weighted by atomic mass is 10.2. The molecule has 2 heterocycles. The molecule has 0 aliphatic heterocycles. The molecule has 1 amide bonds. The third-order valence-electron chi connectivity index (χ3n) is 3.66. The molecule has 0 saturated heterocycles. The minimum Gasteiger partial charge on any atom is -0.493 e. The van der Waals surface area contributed by atoms with Crippen LogP contribution < -0.4 is 15.6 Å². The van der Waals surface area contributed by atoms with Gasteiger partial charge in [-0.1, -0.05) is 12.1 Å². The third-order valence-corrected chi connectivity index (χ3v) is 3.66.